The molecule has 25 heavy (non-hydrogen) atoms. The number of imidazole rings is 1. The number of carbonyl (C=O) groups excluding carboxylic acids is 2. The number of aromatic nitrogens is 2. The van der Waals surface area contributed by atoms with Crippen LogP contribution >= 0.6 is 0 Å². The molecule has 4 rings (SSSR count). The first-order chi connectivity index (χ1) is 12.0. The molecule has 1 saturated heterocycles. The smallest absolute Gasteiger partial charge is 0.417 e. The zero-order valence-corrected chi connectivity index (χ0v) is 14.0. The fourth-order valence-corrected chi connectivity index (χ4v) is 3.34. The normalized spacial score (nSPS) is 20.3. The molecule has 0 spiro atoms. The standard InChI is InChI=1S/C19H17N3O3/c1-21-15-11-7-6-10-14(15)20-16(21)19(12-13-8-4-3-5-9-13)17(23)22(2)18(24)25-19/h3-11H,12H2,1-2H3/t19-/m1/s1. The predicted molar refractivity (Wildman–Crippen MR) is 91.8 cm³/mol. The summed E-state index contributed by atoms with van der Waals surface area (Å²) >= 11 is 0. The van der Waals surface area contributed by atoms with Gasteiger partial charge in [0.25, 0.3) is 11.5 Å². The number of benzene rings is 2. The lowest BCUT2D eigenvalue weighted by Gasteiger charge is -2.24. The molecule has 6 nitrogen and oxygen atoms in total. The predicted octanol–water partition coefficient (Wildman–Crippen LogP) is 2.62. The third-order valence-electron chi connectivity index (χ3n) is 4.63. The highest BCUT2D eigenvalue weighted by molar-refractivity contribution is 6.03. The van der Waals surface area contributed by atoms with Gasteiger partial charge in [-0.05, 0) is 17.7 Å². The second-order valence-electron chi connectivity index (χ2n) is 6.20. The Balaban J connectivity index is 1.93. The number of cyclic esters (lactones) is 1. The molecule has 3 aromatic rings. The molecule has 2 heterocycles. The minimum atomic E-state index is -1.46. The summed E-state index contributed by atoms with van der Waals surface area (Å²) in [6.07, 6.45) is -0.423. The molecular weight excluding hydrogens is 318 g/mol. The van der Waals surface area contributed by atoms with E-state index in [1.54, 1.807) is 0 Å². The summed E-state index contributed by atoms with van der Waals surface area (Å²) in [6.45, 7) is 0. The lowest BCUT2D eigenvalue weighted by molar-refractivity contribution is -0.137. The van der Waals surface area contributed by atoms with Crippen molar-refractivity contribution in [2.75, 3.05) is 7.05 Å². The minimum Gasteiger partial charge on any atom is -0.424 e. The largest absolute Gasteiger partial charge is 0.424 e. The van der Waals surface area contributed by atoms with Crippen LogP contribution in [-0.4, -0.2) is 33.5 Å². The number of amides is 2. The highest BCUT2D eigenvalue weighted by Crippen LogP contribution is 2.37. The van der Waals surface area contributed by atoms with E-state index in [0.29, 0.717) is 5.82 Å². The topological polar surface area (TPSA) is 64.4 Å². The van der Waals surface area contributed by atoms with Gasteiger partial charge in [-0.1, -0.05) is 42.5 Å². The molecule has 0 saturated carbocycles. The molecule has 126 valence electrons. The van der Waals surface area contributed by atoms with Crippen molar-refractivity contribution in [2.24, 2.45) is 7.05 Å². The van der Waals surface area contributed by atoms with Gasteiger partial charge in [0.2, 0.25) is 0 Å². The Hall–Kier alpha value is -3.15. The van der Waals surface area contributed by atoms with Crippen molar-refractivity contribution in [3.63, 3.8) is 0 Å². The highest BCUT2D eigenvalue weighted by atomic mass is 16.6. The molecule has 1 aromatic heterocycles. The minimum absolute atomic E-state index is 0.236. The molecule has 0 aliphatic carbocycles. The Kier molecular flexibility index (Phi) is 3.35. The molecular formula is C19H17N3O3. The summed E-state index contributed by atoms with van der Waals surface area (Å²) in [5.41, 5.74) is 1.07. The van der Waals surface area contributed by atoms with Crippen LogP contribution in [0.2, 0.25) is 0 Å². The van der Waals surface area contributed by atoms with Crippen LogP contribution in [-0.2, 0) is 28.6 Å². The van der Waals surface area contributed by atoms with Gasteiger partial charge in [-0.2, -0.15) is 0 Å². The zero-order valence-electron chi connectivity index (χ0n) is 14.0. The SMILES string of the molecule is CN1C(=O)O[C@](Cc2ccccc2)(c2nc3ccccc3n2C)C1=O. The maximum atomic E-state index is 13.0. The number of likely N-dealkylation sites (N-methyl/N-ethyl adjacent to an activating group) is 1. The van der Waals surface area contributed by atoms with Crippen molar-refractivity contribution >= 4 is 23.0 Å². The molecule has 0 unspecified atom stereocenters. The lowest BCUT2D eigenvalue weighted by atomic mass is 9.92. The Bertz CT molecular complexity index is 980. The Morgan fingerprint density at radius 2 is 1.68 bits per heavy atom. The average Bonchev–Trinajstić information content (AvgIpc) is 3.07. The Labute approximate surface area is 144 Å². The summed E-state index contributed by atoms with van der Waals surface area (Å²) in [6, 6.07) is 17.1. The van der Waals surface area contributed by atoms with Crippen LogP contribution in [0.5, 0.6) is 0 Å². The van der Waals surface area contributed by atoms with Crippen molar-refractivity contribution in [1.29, 1.82) is 0 Å². The van der Waals surface area contributed by atoms with Gasteiger partial charge in [-0.25, -0.2) is 14.7 Å². The Morgan fingerprint density at radius 1 is 1.00 bits per heavy atom. The second kappa shape index (κ2) is 5.44. The molecule has 0 radical (unpaired) electrons. The van der Waals surface area contributed by atoms with E-state index < -0.39 is 17.6 Å². The van der Waals surface area contributed by atoms with Gasteiger partial charge >= 0.3 is 6.09 Å². The summed E-state index contributed by atoms with van der Waals surface area (Å²) in [4.78, 5) is 30.8. The number of para-hydroxylation sites is 2. The van der Waals surface area contributed by atoms with E-state index in [1.165, 1.54) is 7.05 Å². The van der Waals surface area contributed by atoms with Crippen molar-refractivity contribution in [3.8, 4) is 0 Å². The first-order valence-corrected chi connectivity index (χ1v) is 8.00. The number of ether oxygens (including phenoxy) is 1. The van der Waals surface area contributed by atoms with Gasteiger partial charge in [0, 0.05) is 20.5 Å². The van der Waals surface area contributed by atoms with E-state index in [4.69, 9.17) is 4.74 Å². The van der Waals surface area contributed by atoms with Crippen LogP contribution in [0, 0.1) is 0 Å². The van der Waals surface area contributed by atoms with Crippen LogP contribution in [0.15, 0.2) is 54.6 Å². The molecule has 6 heteroatoms. The number of rotatable bonds is 3. The van der Waals surface area contributed by atoms with Crippen molar-refractivity contribution < 1.29 is 14.3 Å². The second-order valence-corrected chi connectivity index (χ2v) is 6.20. The molecule has 2 amide bonds. The summed E-state index contributed by atoms with van der Waals surface area (Å²) in [5, 5.41) is 0. The highest BCUT2D eigenvalue weighted by Gasteiger charge is 2.56. The van der Waals surface area contributed by atoms with E-state index in [2.05, 4.69) is 4.98 Å². The van der Waals surface area contributed by atoms with Gasteiger partial charge in [-0.15, -0.1) is 0 Å². The first-order valence-electron chi connectivity index (χ1n) is 8.00. The molecule has 2 aromatic carbocycles. The van der Waals surface area contributed by atoms with Gasteiger partial charge < -0.3 is 9.30 Å². The number of fused-ring (bicyclic) bond motifs is 1. The lowest BCUT2D eigenvalue weighted by Crippen LogP contribution is -2.41. The molecule has 1 aliphatic heterocycles. The average molecular weight is 335 g/mol. The first kappa shape index (κ1) is 15.4. The number of nitrogens with zero attached hydrogens (tertiary/aromatic N) is 3. The van der Waals surface area contributed by atoms with E-state index >= 15 is 0 Å². The Morgan fingerprint density at radius 3 is 2.32 bits per heavy atom. The van der Waals surface area contributed by atoms with E-state index in [9.17, 15) is 9.59 Å². The van der Waals surface area contributed by atoms with Crippen LogP contribution < -0.4 is 0 Å². The van der Waals surface area contributed by atoms with Crippen LogP contribution in [0.4, 0.5) is 4.79 Å². The third kappa shape index (κ3) is 2.21. The molecule has 0 N–H and O–H groups in total. The van der Waals surface area contributed by atoms with Gasteiger partial charge in [-0.3, -0.25) is 4.79 Å². The number of imide groups is 1. The van der Waals surface area contributed by atoms with Gasteiger partial charge in [0.05, 0.1) is 11.0 Å². The van der Waals surface area contributed by atoms with Crippen molar-refractivity contribution in [2.45, 2.75) is 12.0 Å². The van der Waals surface area contributed by atoms with Crippen LogP contribution in [0.3, 0.4) is 0 Å². The van der Waals surface area contributed by atoms with E-state index in [1.807, 2.05) is 66.2 Å². The number of carbonyl (C=O) groups is 2. The van der Waals surface area contributed by atoms with Crippen molar-refractivity contribution in [3.05, 3.63) is 66.0 Å². The molecule has 0 bridgehead atoms. The zero-order chi connectivity index (χ0) is 17.6. The van der Waals surface area contributed by atoms with Gasteiger partial charge in [0.15, 0.2) is 5.82 Å². The van der Waals surface area contributed by atoms with Crippen molar-refractivity contribution in [1.82, 2.24) is 14.5 Å². The molecule has 1 fully saturated rings. The van der Waals surface area contributed by atoms with Crippen LogP contribution in [0.1, 0.15) is 11.4 Å². The van der Waals surface area contributed by atoms with Gasteiger partial charge in [0.1, 0.15) is 0 Å². The summed E-state index contributed by atoms with van der Waals surface area (Å²) < 4.78 is 7.45. The molecule has 1 aliphatic rings. The van der Waals surface area contributed by atoms with Crippen LogP contribution in [0.25, 0.3) is 11.0 Å². The number of aryl methyl sites for hydroxylation is 1. The fourth-order valence-electron chi connectivity index (χ4n) is 3.34. The maximum absolute atomic E-state index is 13.0. The number of hydrogen-bond acceptors (Lipinski definition) is 4. The summed E-state index contributed by atoms with van der Waals surface area (Å²) in [7, 11) is 3.26. The quantitative estimate of drug-likeness (QED) is 0.738. The monoisotopic (exact) mass is 335 g/mol. The maximum Gasteiger partial charge on any atom is 0.417 e. The summed E-state index contributed by atoms with van der Waals surface area (Å²) in [5.74, 6) is 0.0278. The third-order valence-corrected chi connectivity index (χ3v) is 4.63. The van der Waals surface area contributed by atoms with E-state index in [0.717, 1.165) is 21.5 Å². The van der Waals surface area contributed by atoms with E-state index in [-0.39, 0.29) is 6.42 Å². The number of hydrogen-bond donors (Lipinski definition) is 0. The molecule has 1 atom stereocenters. The fraction of sp³-hybridized carbons (Fsp3) is 0.211.